The van der Waals surface area contributed by atoms with E-state index >= 15 is 0 Å². The third kappa shape index (κ3) is 4.73. The van der Waals surface area contributed by atoms with Crippen molar-refractivity contribution in [3.63, 3.8) is 0 Å². The molecule has 144 valence electrons. The number of benzene rings is 1. The zero-order valence-electron chi connectivity index (χ0n) is 15.2. The van der Waals surface area contributed by atoms with Crippen LogP contribution in [0.2, 0.25) is 0 Å². The first-order chi connectivity index (χ1) is 11.9. The van der Waals surface area contributed by atoms with Crippen molar-refractivity contribution in [2.24, 2.45) is 0 Å². The number of nitrogens with zero attached hydrogens (tertiary/aromatic N) is 1. The lowest BCUT2D eigenvalue weighted by Gasteiger charge is -2.22. The van der Waals surface area contributed by atoms with Crippen LogP contribution in [0.4, 0.5) is 4.79 Å². The van der Waals surface area contributed by atoms with Crippen molar-refractivity contribution in [2.75, 3.05) is 6.54 Å². The zero-order valence-corrected chi connectivity index (χ0v) is 16.0. The molecular weight excluding hydrogens is 360 g/mol. The average Bonchev–Trinajstić information content (AvgIpc) is 2.90. The maximum atomic E-state index is 12.8. The minimum atomic E-state index is -3.99. The normalized spacial score (nSPS) is 21.4. The Hall–Kier alpha value is -2.13. The number of carboxylic acid groups (broad SMARTS) is 1. The van der Waals surface area contributed by atoms with Gasteiger partial charge in [-0.05, 0) is 46.2 Å². The van der Waals surface area contributed by atoms with Gasteiger partial charge in [0.05, 0.1) is 4.90 Å². The van der Waals surface area contributed by atoms with Gasteiger partial charge in [-0.2, -0.15) is 4.31 Å². The molecule has 1 amide bonds. The smallest absolute Gasteiger partial charge is 0.407 e. The molecule has 1 aromatic carbocycles. The molecule has 0 spiro atoms. The second kappa shape index (κ2) is 7.24. The molecule has 1 aliphatic rings. The Bertz CT molecular complexity index is 782. The number of rotatable bonds is 4. The first-order valence-corrected chi connectivity index (χ1v) is 9.65. The van der Waals surface area contributed by atoms with Crippen molar-refractivity contribution in [2.45, 2.75) is 56.7 Å². The third-order valence-electron chi connectivity index (χ3n) is 3.89. The largest absolute Gasteiger partial charge is 0.480 e. The maximum Gasteiger partial charge on any atom is 0.407 e. The van der Waals surface area contributed by atoms with Crippen LogP contribution in [0.1, 0.15) is 32.8 Å². The molecule has 0 aromatic heterocycles. The van der Waals surface area contributed by atoms with E-state index in [-0.39, 0.29) is 17.9 Å². The van der Waals surface area contributed by atoms with E-state index in [0.717, 1.165) is 9.87 Å². The lowest BCUT2D eigenvalue weighted by Crippen LogP contribution is -2.42. The standard InChI is InChI=1S/C17H24N2O6S/c1-11-5-7-13(8-6-11)26(23,24)19-10-12(9-14(19)15(20)21)18-16(22)25-17(2,3)4/h5-8,12,14H,9-10H2,1-4H3,(H,18,22)(H,20,21)/t12?,14-/m0/s1. The van der Waals surface area contributed by atoms with E-state index in [1.54, 1.807) is 32.9 Å². The maximum absolute atomic E-state index is 12.8. The average molecular weight is 384 g/mol. The molecule has 8 nitrogen and oxygen atoms in total. The molecule has 0 bridgehead atoms. The third-order valence-corrected chi connectivity index (χ3v) is 5.78. The van der Waals surface area contributed by atoms with Gasteiger partial charge < -0.3 is 15.2 Å². The van der Waals surface area contributed by atoms with Gasteiger partial charge in [-0.25, -0.2) is 13.2 Å². The number of nitrogens with one attached hydrogen (secondary N) is 1. The molecule has 1 aromatic rings. The van der Waals surface area contributed by atoms with Crippen LogP contribution < -0.4 is 5.32 Å². The van der Waals surface area contributed by atoms with Crippen LogP contribution in [0.5, 0.6) is 0 Å². The fourth-order valence-corrected chi connectivity index (χ4v) is 4.36. The van der Waals surface area contributed by atoms with Crippen LogP contribution in [0.3, 0.4) is 0 Å². The Balaban J connectivity index is 2.20. The minimum Gasteiger partial charge on any atom is -0.480 e. The number of carbonyl (C=O) groups excluding carboxylic acids is 1. The summed E-state index contributed by atoms with van der Waals surface area (Å²) in [5, 5.41) is 12.0. The summed E-state index contributed by atoms with van der Waals surface area (Å²) in [6.07, 6.45) is -0.735. The predicted octanol–water partition coefficient (Wildman–Crippen LogP) is 1.74. The van der Waals surface area contributed by atoms with Crippen molar-refractivity contribution in [3.8, 4) is 0 Å². The first-order valence-electron chi connectivity index (χ1n) is 8.21. The molecule has 0 saturated carbocycles. The molecule has 2 N–H and O–H groups in total. The lowest BCUT2D eigenvalue weighted by molar-refractivity contribution is -0.140. The highest BCUT2D eigenvalue weighted by atomic mass is 32.2. The van der Waals surface area contributed by atoms with E-state index in [0.29, 0.717) is 0 Å². The molecule has 1 fully saturated rings. The van der Waals surface area contributed by atoms with Crippen LogP contribution >= 0.6 is 0 Å². The molecule has 0 radical (unpaired) electrons. The van der Waals surface area contributed by atoms with Gasteiger partial charge in [-0.15, -0.1) is 0 Å². The lowest BCUT2D eigenvalue weighted by atomic mass is 10.2. The van der Waals surface area contributed by atoms with Gasteiger partial charge in [0.2, 0.25) is 10.0 Å². The Morgan fingerprint density at radius 1 is 1.23 bits per heavy atom. The molecule has 1 heterocycles. The van der Waals surface area contributed by atoms with Gasteiger partial charge in [0.1, 0.15) is 11.6 Å². The van der Waals surface area contributed by atoms with Crippen LogP contribution in [0.15, 0.2) is 29.2 Å². The highest BCUT2D eigenvalue weighted by molar-refractivity contribution is 7.89. The quantitative estimate of drug-likeness (QED) is 0.817. The van der Waals surface area contributed by atoms with Gasteiger partial charge in [0, 0.05) is 12.6 Å². The molecule has 26 heavy (non-hydrogen) atoms. The molecule has 9 heteroatoms. The predicted molar refractivity (Wildman–Crippen MR) is 94.3 cm³/mol. The summed E-state index contributed by atoms with van der Waals surface area (Å²) >= 11 is 0. The minimum absolute atomic E-state index is 0.0206. The van der Waals surface area contributed by atoms with Crippen molar-refractivity contribution in [1.29, 1.82) is 0 Å². The number of sulfonamides is 1. The molecule has 1 aliphatic heterocycles. The summed E-state index contributed by atoms with van der Waals surface area (Å²) < 4.78 is 31.7. The van der Waals surface area contributed by atoms with Gasteiger partial charge in [0.15, 0.2) is 0 Å². The van der Waals surface area contributed by atoms with Crippen molar-refractivity contribution in [1.82, 2.24) is 9.62 Å². The van der Waals surface area contributed by atoms with Gasteiger partial charge in [-0.3, -0.25) is 4.79 Å². The molecule has 2 rings (SSSR count). The first kappa shape index (κ1) is 20.2. The Labute approximate surface area is 153 Å². The number of aryl methyl sites for hydroxylation is 1. The molecular formula is C17H24N2O6S. The Morgan fingerprint density at radius 3 is 2.31 bits per heavy atom. The van der Waals surface area contributed by atoms with Crippen LogP contribution in [0.25, 0.3) is 0 Å². The zero-order chi connectivity index (χ0) is 19.7. The number of aliphatic carboxylic acids is 1. The van der Waals surface area contributed by atoms with Crippen molar-refractivity contribution >= 4 is 22.1 Å². The monoisotopic (exact) mass is 384 g/mol. The topological polar surface area (TPSA) is 113 Å². The number of ether oxygens (including phenoxy) is 1. The molecule has 2 atom stereocenters. The number of hydrogen-bond donors (Lipinski definition) is 2. The van der Waals surface area contributed by atoms with Crippen LogP contribution in [-0.4, -0.2) is 54.1 Å². The van der Waals surface area contributed by atoms with E-state index < -0.39 is 39.8 Å². The fraction of sp³-hybridized carbons (Fsp3) is 0.529. The van der Waals surface area contributed by atoms with E-state index in [2.05, 4.69) is 5.32 Å². The number of hydrogen-bond acceptors (Lipinski definition) is 5. The van der Waals surface area contributed by atoms with E-state index in [4.69, 9.17) is 4.74 Å². The molecule has 0 aliphatic carbocycles. The van der Waals surface area contributed by atoms with Crippen molar-refractivity contribution in [3.05, 3.63) is 29.8 Å². The second-order valence-corrected chi connectivity index (χ2v) is 9.21. The molecule has 1 unspecified atom stereocenters. The number of alkyl carbamates (subject to hydrolysis) is 1. The number of carboxylic acids is 1. The van der Waals surface area contributed by atoms with E-state index in [1.165, 1.54) is 12.1 Å². The highest BCUT2D eigenvalue weighted by Gasteiger charge is 2.44. The van der Waals surface area contributed by atoms with Gasteiger partial charge in [0.25, 0.3) is 0 Å². The highest BCUT2D eigenvalue weighted by Crippen LogP contribution is 2.27. The van der Waals surface area contributed by atoms with Gasteiger partial charge >= 0.3 is 12.1 Å². The summed E-state index contributed by atoms with van der Waals surface area (Å²) in [6.45, 7) is 6.81. The number of carbonyl (C=O) groups is 2. The van der Waals surface area contributed by atoms with Crippen LogP contribution in [-0.2, 0) is 19.6 Å². The second-order valence-electron chi connectivity index (χ2n) is 7.32. The van der Waals surface area contributed by atoms with Crippen LogP contribution in [0, 0.1) is 6.92 Å². The Morgan fingerprint density at radius 2 is 1.81 bits per heavy atom. The Kier molecular flexibility index (Phi) is 5.62. The molecule has 1 saturated heterocycles. The van der Waals surface area contributed by atoms with Gasteiger partial charge in [-0.1, -0.05) is 17.7 Å². The van der Waals surface area contributed by atoms with E-state index in [9.17, 15) is 23.1 Å². The summed E-state index contributed by atoms with van der Waals surface area (Å²) in [5.41, 5.74) is 0.187. The summed E-state index contributed by atoms with van der Waals surface area (Å²) in [5.74, 6) is -1.26. The summed E-state index contributed by atoms with van der Waals surface area (Å²) in [4.78, 5) is 23.5. The number of amides is 1. The van der Waals surface area contributed by atoms with E-state index in [1.807, 2.05) is 6.92 Å². The summed E-state index contributed by atoms with van der Waals surface area (Å²) in [7, 11) is -3.99. The summed E-state index contributed by atoms with van der Waals surface area (Å²) in [6, 6.07) is 4.29. The van der Waals surface area contributed by atoms with Crippen molar-refractivity contribution < 1.29 is 27.9 Å². The fourth-order valence-electron chi connectivity index (χ4n) is 2.72. The SMILES string of the molecule is Cc1ccc(S(=O)(=O)N2CC(NC(=O)OC(C)(C)C)C[C@H]2C(=O)O)cc1.